The quantitative estimate of drug-likeness (QED) is 0.426. The highest BCUT2D eigenvalue weighted by Crippen LogP contribution is 2.31. The number of alkyl halides is 3. The average Bonchev–Trinajstić information content (AvgIpc) is 3.13. The number of benzene rings is 3. The summed E-state index contributed by atoms with van der Waals surface area (Å²) < 4.78 is 40.2. The van der Waals surface area contributed by atoms with E-state index >= 15 is 0 Å². The van der Waals surface area contributed by atoms with Gasteiger partial charge in [0.15, 0.2) is 0 Å². The normalized spacial score (nSPS) is 12.3. The zero-order chi connectivity index (χ0) is 19.6. The van der Waals surface area contributed by atoms with Gasteiger partial charge in [-0.3, -0.25) is 0 Å². The maximum absolute atomic E-state index is 12.8. The Balaban J connectivity index is 1.83. The van der Waals surface area contributed by atoms with Crippen LogP contribution in [0, 0.1) is 0 Å². The zero-order valence-electron chi connectivity index (χ0n) is 14.5. The van der Waals surface area contributed by atoms with Crippen molar-refractivity contribution in [2.45, 2.75) is 6.18 Å². The van der Waals surface area contributed by atoms with E-state index < -0.39 is 11.7 Å². The Bertz CT molecular complexity index is 1130. The minimum Gasteiger partial charge on any atom is -0.220 e. The van der Waals surface area contributed by atoms with Crippen molar-refractivity contribution >= 4 is 17.0 Å². The molecule has 0 aliphatic carbocycles. The van der Waals surface area contributed by atoms with Crippen LogP contribution in [-0.2, 0) is 6.18 Å². The van der Waals surface area contributed by atoms with E-state index in [1.807, 2.05) is 60.7 Å². The molecule has 0 bridgehead atoms. The summed E-state index contributed by atoms with van der Waals surface area (Å²) in [5.74, 6) is 0. The maximum atomic E-state index is 12.8. The molecule has 4 rings (SSSR count). The van der Waals surface area contributed by atoms with E-state index in [0.717, 1.165) is 23.5 Å². The third kappa shape index (κ3) is 3.89. The van der Waals surface area contributed by atoms with E-state index in [1.165, 1.54) is 23.5 Å². The van der Waals surface area contributed by atoms with Crippen molar-refractivity contribution in [3.05, 3.63) is 95.3 Å². The second-order valence-electron chi connectivity index (χ2n) is 5.96. The van der Waals surface area contributed by atoms with Crippen LogP contribution in [0.3, 0.4) is 0 Å². The molecule has 0 N–H and O–H groups in total. The van der Waals surface area contributed by atoms with Gasteiger partial charge in [-0.15, -0.1) is 0 Å². The van der Waals surface area contributed by atoms with E-state index in [2.05, 4.69) is 10.1 Å². The number of halogens is 3. The van der Waals surface area contributed by atoms with Gasteiger partial charge < -0.3 is 0 Å². The Morgan fingerprint density at radius 2 is 1.39 bits per heavy atom. The van der Waals surface area contributed by atoms with Crippen LogP contribution >= 0.6 is 11.3 Å². The van der Waals surface area contributed by atoms with Gasteiger partial charge in [-0.05, 0) is 36.4 Å². The summed E-state index contributed by atoms with van der Waals surface area (Å²) in [5.41, 5.74) is 1.52. The van der Waals surface area contributed by atoms with Crippen LogP contribution in [0.4, 0.5) is 18.9 Å². The van der Waals surface area contributed by atoms with E-state index in [9.17, 15) is 13.2 Å². The summed E-state index contributed by atoms with van der Waals surface area (Å²) in [4.78, 5) is 5.29. The number of nitrogens with zero attached hydrogens (tertiary/aromatic N) is 3. The van der Waals surface area contributed by atoms with E-state index in [-0.39, 0.29) is 0 Å². The molecule has 0 atom stereocenters. The van der Waals surface area contributed by atoms with Crippen LogP contribution in [0.25, 0.3) is 16.3 Å². The van der Waals surface area contributed by atoms with E-state index in [0.29, 0.717) is 15.4 Å². The molecule has 0 fully saturated rings. The Hall–Kier alpha value is -3.19. The Kier molecular flexibility index (Phi) is 4.83. The maximum Gasteiger partial charge on any atom is 0.416 e. The van der Waals surface area contributed by atoms with Gasteiger partial charge >= 0.3 is 6.18 Å². The molecule has 0 saturated heterocycles. The van der Waals surface area contributed by atoms with Crippen molar-refractivity contribution in [2.24, 2.45) is 4.99 Å². The Morgan fingerprint density at radius 3 is 2.00 bits per heavy atom. The van der Waals surface area contributed by atoms with Gasteiger partial charge in [0.1, 0.15) is 5.01 Å². The number of aromatic nitrogens is 2. The molecule has 0 aliphatic rings. The number of hydrogen-bond acceptors (Lipinski definition) is 3. The van der Waals surface area contributed by atoms with Crippen molar-refractivity contribution < 1.29 is 13.2 Å². The fourth-order valence-electron chi connectivity index (χ4n) is 2.62. The molecule has 1 aromatic heterocycles. The smallest absolute Gasteiger partial charge is 0.220 e. The number of hydrogen-bond donors (Lipinski definition) is 0. The lowest BCUT2D eigenvalue weighted by Crippen LogP contribution is -2.13. The summed E-state index contributed by atoms with van der Waals surface area (Å²) in [6, 6.07) is 24.0. The van der Waals surface area contributed by atoms with Gasteiger partial charge in [0.2, 0.25) is 4.80 Å². The van der Waals surface area contributed by atoms with Crippen molar-refractivity contribution in [3.63, 3.8) is 0 Å². The van der Waals surface area contributed by atoms with Gasteiger partial charge in [-0.1, -0.05) is 59.9 Å². The SMILES string of the molecule is FC(F)(F)c1ccc(-c2nn(-c3ccccc3)c(=Nc3ccccc3)s2)cc1. The van der Waals surface area contributed by atoms with Gasteiger partial charge in [0.25, 0.3) is 0 Å². The minimum absolute atomic E-state index is 0.590. The first kappa shape index (κ1) is 18.2. The molecule has 7 heteroatoms. The lowest BCUT2D eigenvalue weighted by atomic mass is 10.1. The standard InChI is InChI=1S/C21H14F3N3S/c22-21(23,24)16-13-11-15(12-14-16)19-26-27(18-9-5-2-6-10-18)20(28-19)25-17-7-3-1-4-8-17/h1-14H. The third-order valence-electron chi connectivity index (χ3n) is 4.00. The molecule has 0 saturated carbocycles. The largest absolute Gasteiger partial charge is 0.416 e. The van der Waals surface area contributed by atoms with Crippen LogP contribution in [0.1, 0.15) is 5.56 Å². The molecule has 0 radical (unpaired) electrons. The summed E-state index contributed by atoms with van der Waals surface area (Å²) in [7, 11) is 0. The van der Waals surface area contributed by atoms with Crippen LogP contribution < -0.4 is 4.80 Å². The van der Waals surface area contributed by atoms with Gasteiger partial charge in [0, 0.05) is 5.56 Å². The highest BCUT2D eigenvalue weighted by atomic mass is 32.1. The van der Waals surface area contributed by atoms with Crippen molar-refractivity contribution in [1.82, 2.24) is 9.78 Å². The predicted molar refractivity (Wildman–Crippen MR) is 104 cm³/mol. The van der Waals surface area contributed by atoms with Gasteiger partial charge in [-0.2, -0.15) is 18.3 Å². The molecule has 1 heterocycles. The van der Waals surface area contributed by atoms with Crippen molar-refractivity contribution in [2.75, 3.05) is 0 Å². The monoisotopic (exact) mass is 397 g/mol. The van der Waals surface area contributed by atoms with Crippen LogP contribution in [-0.4, -0.2) is 9.78 Å². The van der Waals surface area contributed by atoms with Crippen LogP contribution in [0.5, 0.6) is 0 Å². The zero-order valence-corrected chi connectivity index (χ0v) is 15.3. The van der Waals surface area contributed by atoms with Crippen LogP contribution in [0.2, 0.25) is 0 Å². The molecule has 0 aliphatic heterocycles. The summed E-state index contributed by atoms with van der Waals surface area (Å²) in [6.45, 7) is 0. The number of para-hydroxylation sites is 2. The first-order chi connectivity index (χ1) is 13.5. The molecule has 4 aromatic rings. The lowest BCUT2D eigenvalue weighted by Gasteiger charge is -2.06. The molecule has 3 nitrogen and oxygen atoms in total. The minimum atomic E-state index is -4.36. The Morgan fingerprint density at radius 1 is 0.786 bits per heavy atom. The summed E-state index contributed by atoms with van der Waals surface area (Å²) in [5, 5.41) is 5.19. The van der Waals surface area contributed by atoms with Gasteiger partial charge in [-0.25, -0.2) is 9.67 Å². The predicted octanol–water partition coefficient (Wildman–Crippen LogP) is 5.85. The number of rotatable bonds is 3. The molecule has 0 unspecified atom stereocenters. The highest BCUT2D eigenvalue weighted by Gasteiger charge is 2.30. The highest BCUT2D eigenvalue weighted by molar-refractivity contribution is 7.12. The topological polar surface area (TPSA) is 30.2 Å². The molecule has 3 aromatic carbocycles. The summed E-state index contributed by atoms with van der Waals surface area (Å²) in [6.07, 6.45) is -4.36. The van der Waals surface area contributed by atoms with E-state index in [4.69, 9.17) is 0 Å². The second kappa shape index (κ2) is 7.44. The lowest BCUT2D eigenvalue weighted by molar-refractivity contribution is -0.137. The van der Waals surface area contributed by atoms with Crippen molar-refractivity contribution in [3.8, 4) is 16.3 Å². The van der Waals surface area contributed by atoms with Crippen LogP contribution in [0.15, 0.2) is 89.9 Å². The third-order valence-corrected chi connectivity index (χ3v) is 4.96. The fourth-order valence-corrected chi connectivity index (χ4v) is 3.56. The average molecular weight is 397 g/mol. The van der Waals surface area contributed by atoms with Gasteiger partial charge in [0.05, 0.1) is 16.9 Å². The van der Waals surface area contributed by atoms with E-state index in [1.54, 1.807) is 4.68 Å². The molecule has 28 heavy (non-hydrogen) atoms. The first-order valence-corrected chi connectivity index (χ1v) is 9.25. The second-order valence-corrected chi connectivity index (χ2v) is 6.92. The molecule has 0 amide bonds. The molecular weight excluding hydrogens is 383 g/mol. The Labute approximate surface area is 163 Å². The first-order valence-electron chi connectivity index (χ1n) is 8.44. The van der Waals surface area contributed by atoms with Crippen molar-refractivity contribution in [1.29, 1.82) is 0 Å². The molecule has 0 spiro atoms. The molecular formula is C21H14F3N3S. The fraction of sp³-hybridized carbons (Fsp3) is 0.0476. The summed E-state index contributed by atoms with van der Waals surface area (Å²) >= 11 is 1.32. The molecule has 140 valence electrons.